The van der Waals surface area contributed by atoms with Crippen LogP contribution in [0.2, 0.25) is 0 Å². The minimum Gasteiger partial charge on any atom is -0.508 e. The van der Waals surface area contributed by atoms with E-state index < -0.39 is 12.4 Å². The summed E-state index contributed by atoms with van der Waals surface area (Å²) in [5.41, 5.74) is 6.96. The minimum absolute atomic E-state index is 0.0326. The number of aromatic hydroxyl groups is 1. The number of urea groups is 1. The second kappa shape index (κ2) is 18.8. The molecule has 1 heterocycles. The zero-order valence-electron chi connectivity index (χ0n) is 31.7. The Morgan fingerprint density at radius 1 is 0.772 bits per heavy atom. The highest BCUT2D eigenvalue weighted by atomic mass is 16.7. The van der Waals surface area contributed by atoms with Crippen molar-refractivity contribution < 1.29 is 34.3 Å². The number of aliphatic hydroxyl groups excluding tert-OH is 2. The summed E-state index contributed by atoms with van der Waals surface area (Å²) >= 11 is 0. The molecule has 6 aromatic carbocycles. The zero-order chi connectivity index (χ0) is 39.6. The standard InChI is InChI=1S/C47H47N3O7/c1-50(30-44(53)38-9-6-10-40(52)26-38)29-43-27-45(35-15-13-32(31-51)14-16-35)57-46(56-43)36-19-17-34(18-20-36)37-8-5-7-33(25-37)28-48-47(54)49-39-21-23-42(24-22-39)55-41-11-3-2-4-12-41/h2-26,43-46,51-53H,27-31H2,1H3,(H2,48,49,54)/t43-,44+,45+,46+/m0/s1. The number of nitrogens with zero attached hydrogens (tertiary/aromatic N) is 1. The highest BCUT2D eigenvalue weighted by Crippen LogP contribution is 2.39. The van der Waals surface area contributed by atoms with Crippen molar-refractivity contribution in [1.82, 2.24) is 10.2 Å². The van der Waals surface area contributed by atoms with E-state index in [-0.39, 0.29) is 30.6 Å². The van der Waals surface area contributed by atoms with E-state index in [1.54, 1.807) is 36.4 Å². The van der Waals surface area contributed by atoms with Crippen molar-refractivity contribution in [1.29, 1.82) is 0 Å². The van der Waals surface area contributed by atoms with E-state index in [0.717, 1.165) is 39.1 Å². The van der Waals surface area contributed by atoms with Gasteiger partial charge in [-0.15, -0.1) is 0 Å². The molecular formula is C47H47N3O7. The van der Waals surface area contributed by atoms with Gasteiger partial charge in [0.05, 0.1) is 24.9 Å². The normalized spacial score (nSPS) is 17.2. The van der Waals surface area contributed by atoms with Crippen LogP contribution in [0.4, 0.5) is 10.5 Å². The predicted molar refractivity (Wildman–Crippen MR) is 220 cm³/mol. The van der Waals surface area contributed by atoms with Crippen molar-refractivity contribution in [3.05, 3.63) is 179 Å². The van der Waals surface area contributed by atoms with Crippen molar-refractivity contribution in [3.8, 4) is 28.4 Å². The molecule has 1 saturated heterocycles. The molecule has 292 valence electrons. The SMILES string of the molecule is CN(C[C@@H]1C[C@H](c2ccc(CO)cc2)O[C@H](c2ccc(-c3cccc(CNC(=O)Nc4ccc(Oc5ccccc5)cc4)c3)cc2)O1)C[C@@H](O)c1cccc(O)c1. The average Bonchev–Trinajstić information content (AvgIpc) is 3.24. The van der Waals surface area contributed by atoms with E-state index in [4.69, 9.17) is 14.2 Å². The van der Waals surface area contributed by atoms with Crippen LogP contribution >= 0.6 is 0 Å². The molecule has 7 rings (SSSR count). The number of ether oxygens (including phenoxy) is 3. The number of rotatable bonds is 14. The van der Waals surface area contributed by atoms with Crippen molar-refractivity contribution >= 4 is 11.7 Å². The number of nitrogens with one attached hydrogen (secondary N) is 2. The van der Waals surface area contributed by atoms with Gasteiger partial charge >= 0.3 is 6.03 Å². The molecule has 0 bridgehead atoms. The summed E-state index contributed by atoms with van der Waals surface area (Å²) in [7, 11) is 1.94. The summed E-state index contributed by atoms with van der Waals surface area (Å²) in [4.78, 5) is 14.8. The molecule has 10 heteroatoms. The molecule has 6 aromatic rings. The molecule has 0 spiro atoms. The van der Waals surface area contributed by atoms with E-state index in [2.05, 4.69) is 16.7 Å². The maximum absolute atomic E-state index is 12.7. The Bertz CT molecular complexity index is 2200. The monoisotopic (exact) mass is 765 g/mol. The summed E-state index contributed by atoms with van der Waals surface area (Å²) in [5.74, 6) is 1.54. The van der Waals surface area contributed by atoms with Crippen LogP contribution in [0.5, 0.6) is 17.2 Å². The zero-order valence-corrected chi connectivity index (χ0v) is 31.7. The molecule has 0 saturated carbocycles. The van der Waals surface area contributed by atoms with Crippen molar-refractivity contribution in [3.63, 3.8) is 0 Å². The number of amides is 2. The Morgan fingerprint density at radius 3 is 2.23 bits per heavy atom. The van der Waals surface area contributed by atoms with Crippen LogP contribution in [0.25, 0.3) is 11.1 Å². The fourth-order valence-electron chi connectivity index (χ4n) is 6.87. The van der Waals surface area contributed by atoms with Crippen LogP contribution in [-0.4, -0.2) is 52.5 Å². The lowest BCUT2D eigenvalue weighted by atomic mass is 9.99. The number of hydrogen-bond acceptors (Lipinski definition) is 8. The summed E-state index contributed by atoms with van der Waals surface area (Å²) in [6, 6.07) is 47.0. The van der Waals surface area contributed by atoms with Crippen molar-refractivity contribution in [2.24, 2.45) is 0 Å². The maximum Gasteiger partial charge on any atom is 0.319 e. The van der Waals surface area contributed by atoms with Crippen LogP contribution in [0, 0.1) is 0 Å². The molecule has 2 amide bonds. The first-order valence-corrected chi connectivity index (χ1v) is 19.0. The van der Waals surface area contributed by atoms with Gasteiger partial charge in [-0.1, -0.05) is 97.1 Å². The third-order valence-corrected chi connectivity index (χ3v) is 9.86. The predicted octanol–water partition coefficient (Wildman–Crippen LogP) is 8.88. The number of anilines is 1. The lowest BCUT2D eigenvalue weighted by molar-refractivity contribution is -0.252. The molecule has 1 aliphatic rings. The lowest BCUT2D eigenvalue weighted by Gasteiger charge is -2.38. The number of carbonyl (C=O) groups is 1. The Labute approximate surface area is 332 Å². The summed E-state index contributed by atoms with van der Waals surface area (Å²) in [6.07, 6.45) is -1.26. The van der Waals surface area contributed by atoms with E-state index in [0.29, 0.717) is 43.1 Å². The van der Waals surface area contributed by atoms with E-state index in [9.17, 15) is 20.1 Å². The van der Waals surface area contributed by atoms with E-state index in [1.165, 1.54) is 0 Å². The Balaban J connectivity index is 0.973. The molecule has 0 radical (unpaired) electrons. The topological polar surface area (TPSA) is 133 Å². The van der Waals surface area contributed by atoms with Crippen LogP contribution in [0.15, 0.2) is 152 Å². The first-order valence-electron chi connectivity index (χ1n) is 19.0. The molecule has 1 aliphatic heterocycles. The van der Waals surface area contributed by atoms with Gasteiger partial charge in [-0.3, -0.25) is 0 Å². The van der Waals surface area contributed by atoms with Gasteiger partial charge in [-0.25, -0.2) is 4.79 Å². The Kier molecular flexibility index (Phi) is 12.9. The fourth-order valence-corrected chi connectivity index (χ4v) is 6.87. The molecule has 0 unspecified atom stereocenters. The average molecular weight is 766 g/mol. The number of phenolic OH excluding ortho intramolecular Hbond substituents is 1. The summed E-state index contributed by atoms with van der Waals surface area (Å²) < 4.78 is 19.0. The van der Waals surface area contributed by atoms with Gasteiger partial charge < -0.3 is 45.1 Å². The minimum atomic E-state index is -0.775. The van der Waals surface area contributed by atoms with Gasteiger partial charge in [0.1, 0.15) is 17.2 Å². The fraction of sp³-hybridized carbons (Fsp3) is 0.213. The molecule has 0 aromatic heterocycles. The number of likely N-dealkylation sites (N-methyl/N-ethyl adjacent to an activating group) is 1. The van der Waals surface area contributed by atoms with Crippen LogP contribution in [0.3, 0.4) is 0 Å². The summed E-state index contributed by atoms with van der Waals surface area (Å²) in [6.45, 7) is 1.22. The molecule has 57 heavy (non-hydrogen) atoms. The molecule has 4 atom stereocenters. The Hall–Kier alpha value is -6.01. The first-order chi connectivity index (χ1) is 27.8. The van der Waals surface area contributed by atoms with Crippen molar-refractivity contribution in [2.75, 3.05) is 25.5 Å². The highest BCUT2D eigenvalue weighted by Gasteiger charge is 2.33. The molecule has 0 aliphatic carbocycles. The largest absolute Gasteiger partial charge is 0.508 e. The molecular weight excluding hydrogens is 719 g/mol. The van der Waals surface area contributed by atoms with Crippen LogP contribution < -0.4 is 15.4 Å². The van der Waals surface area contributed by atoms with Crippen molar-refractivity contribution in [2.45, 2.75) is 44.2 Å². The van der Waals surface area contributed by atoms with Crippen LogP contribution in [0.1, 0.15) is 52.7 Å². The van der Waals surface area contributed by atoms with E-state index in [1.807, 2.05) is 121 Å². The molecule has 10 nitrogen and oxygen atoms in total. The van der Waals surface area contributed by atoms with Gasteiger partial charge in [-0.05, 0) is 95.0 Å². The third-order valence-electron chi connectivity index (χ3n) is 9.86. The number of phenols is 1. The smallest absolute Gasteiger partial charge is 0.319 e. The van der Waals surface area contributed by atoms with Crippen LogP contribution in [-0.2, 0) is 22.6 Å². The number of benzene rings is 6. The van der Waals surface area contributed by atoms with Gasteiger partial charge in [0.15, 0.2) is 6.29 Å². The maximum atomic E-state index is 12.7. The number of hydrogen-bond donors (Lipinski definition) is 5. The molecule has 1 fully saturated rings. The lowest BCUT2D eigenvalue weighted by Crippen LogP contribution is -2.39. The van der Waals surface area contributed by atoms with Gasteiger partial charge in [0.2, 0.25) is 0 Å². The molecule has 5 N–H and O–H groups in total. The first kappa shape index (κ1) is 39.2. The number of carbonyl (C=O) groups excluding carboxylic acids is 1. The third kappa shape index (κ3) is 10.9. The highest BCUT2D eigenvalue weighted by molar-refractivity contribution is 5.89. The number of aliphatic hydroxyl groups is 2. The Morgan fingerprint density at radius 2 is 1.49 bits per heavy atom. The van der Waals surface area contributed by atoms with Gasteiger partial charge in [0, 0.05) is 37.3 Å². The number of para-hydroxylation sites is 1. The van der Waals surface area contributed by atoms with Gasteiger partial charge in [0.25, 0.3) is 0 Å². The second-order valence-electron chi connectivity index (χ2n) is 14.3. The van der Waals surface area contributed by atoms with E-state index >= 15 is 0 Å². The summed E-state index contributed by atoms with van der Waals surface area (Å²) in [5, 5.41) is 36.2. The quantitative estimate of drug-likeness (QED) is 0.0743. The van der Waals surface area contributed by atoms with Gasteiger partial charge in [-0.2, -0.15) is 0 Å². The second-order valence-corrected chi connectivity index (χ2v) is 14.3.